The summed E-state index contributed by atoms with van der Waals surface area (Å²) in [6.07, 6.45) is 7.27. The Hall–Kier alpha value is -0.900. The molecule has 25 heavy (non-hydrogen) atoms. The van der Waals surface area contributed by atoms with Crippen molar-refractivity contribution in [1.29, 1.82) is 0 Å². The molecule has 0 aromatic heterocycles. The molecular formula is C22H24Br2O. The molecular weight excluding hydrogens is 440 g/mol. The lowest BCUT2D eigenvalue weighted by Gasteiger charge is -2.21. The largest absolute Gasteiger partial charge is 0.385 e. The Morgan fingerprint density at radius 2 is 1.68 bits per heavy atom. The number of aliphatic hydroxyl groups is 1. The van der Waals surface area contributed by atoms with Gasteiger partial charge >= 0.3 is 0 Å². The Kier molecular flexibility index (Phi) is 5.87. The van der Waals surface area contributed by atoms with Gasteiger partial charge in [0.2, 0.25) is 0 Å². The molecule has 1 unspecified atom stereocenters. The Bertz CT molecular complexity index is 810. The monoisotopic (exact) mass is 462 g/mol. The molecule has 0 aliphatic heterocycles. The van der Waals surface area contributed by atoms with E-state index in [2.05, 4.69) is 69.1 Å². The van der Waals surface area contributed by atoms with Gasteiger partial charge in [0.25, 0.3) is 0 Å². The lowest BCUT2D eigenvalue weighted by molar-refractivity contribution is 0.0345. The summed E-state index contributed by atoms with van der Waals surface area (Å²) in [5.41, 5.74) is 6.24. The lowest BCUT2D eigenvalue weighted by atomic mass is 9.93. The summed E-state index contributed by atoms with van der Waals surface area (Å²) in [7, 11) is 0. The van der Waals surface area contributed by atoms with Gasteiger partial charge in [-0.05, 0) is 84.2 Å². The van der Waals surface area contributed by atoms with Crippen molar-refractivity contribution in [2.24, 2.45) is 0 Å². The van der Waals surface area contributed by atoms with Gasteiger partial charge < -0.3 is 5.11 Å². The maximum absolute atomic E-state index is 10.3. The summed E-state index contributed by atoms with van der Waals surface area (Å²) in [5.74, 6) is 0. The molecule has 1 atom stereocenters. The lowest BCUT2D eigenvalue weighted by Crippen LogP contribution is -2.20. The van der Waals surface area contributed by atoms with Crippen LogP contribution < -0.4 is 0 Å². The van der Waals surface area contributed by atoms with Crippen LogP contribution in [0.25, 0.3) is 5.57 Å². The van der Waals surface area contributed by atoms with E-state index in [1.165, 1.54) is 26.7 Å². The zero-order valence-electron chi connectivity index (χ0n) is 14.8. The molecule has 1 nitrogen and oxygen atoms in total. The zero-order valence-corrected chi connectivity index (χ0v) is 18.0. The number of benzene rings is 2. The molecule has 0 spiro atoms. The van der Waals surface area contributed by atoms with Crippen LogP contribution in [0.3, 0.4) is 0 Å². The summed E-state index contributed by atoms with van der Waals surface area (Å²) in [6, 6.07) is 12.7. The van der Waals surface area contributed by atoms with E-state index in [9.17, 15) is 5.11 Å². The summed E-state index contributed by atoms with van der Waals surface area (Å²) in [5, 5.41) is 10.3. The van der Waals surface area contributed by atoms with E-state index in [0.717, 1.165) is 42.1 Å². The SMILES string of the molecule is CCC1(O)CCc2ccc(Br)cc21.CCC1=CCc2ccc(Br)cc21. The third-order valence-corrected chi connectivity index (χ3v) is 6.32. The highest BCUT2D eigenvalue weighted by molar-refractivity contribution is 9.10. The van der Waals surface area contributed by atoms with Crippen LogP contribution in [0.15, 0.2) is 51.4 Å². The van der Waals surface area contributed by atoms with Gasteiger partial charge in [-0.1, -0.05) is 63.9 Å². The molecule has 0 radical (unpaired) electrons. The molecule has 0 saturated heterocycles. The van der Waals surface area contributed by atoms with Gasteiger partial charge in [0.05, 0.1) is 5.60 Å². The fraction of sp³-hybridized carbons (Fsp3) is 0.364. The van der Waals surface area contributed by atoms with Crippen LogP contribution in [-0.2, 0) is 18.4 Å². The van der Waals surface area contributed by atoms with Crippen molar-refractivity contribution >= 4 is 37.4 Å². The highest BCUT2D eigenvalue weighted by atomic mass is 79.9. The quantitative estimate of drug-likeness (QED) is 0.519. The molecule has 132 valence electrons. The highest BCUT2D eigenvalue weighted by Crippen LogP contribution is 2.40. The highest BCUT2D eigenvalue weighted by Gasteiger charge is 2.34. The Morgan fingerprint density at radius 3 is 2.36 bits per heavy atom. The smallest absolute Gasteiger partial charge is 0.0900 e. The average Bonchev–Trinajstić information content (AvgIpc) is 3.17. The third kappa shape index (κ3) is 3.94. The second-order valence-electron chi connectivity index (χ2n) is 6.78. The van der Waals surface area contributed by atoms with E-state index in [0.29, 0.717) is 0 Å². The molecule has 1 N–H and O–H groups in total. The average molecular weight is 464 g/mol. The Labute approximate surface area is 167 Å². The summed E-state index contributed by atoms with van der Waals surface area (Å²) in [6.45, 7) is 4.25. The maximum Gasteiger partial charge on any atom is 0.0900 e. The first-order valence-corrected chi connectivity index (χ1v) is 10.5. The van der Waals surface area contributed by atoms with Gasteiger partial charge in [-0.25, -0.2) is 0 Å². The first-order chi connectivity index (χ1) is 12.0. The van der Waals surface area contributed by atoms with Crippen LogP contribution >= 0.6 is 31.9 Å². The molecule has 4 rings (SSSR count). The van der Waals surface area contributed by atoms with E-state index < -0.39 is 5.60 Å². The maximum atomic E-state index is 10.3. The molecule has 0 saturated carbocycles. The second kappa shape index (κ2) is 7.77. The number of hydrogen-bond donors (Lipinski definition) is 1. The van der Waals surface area contributed by atoms with Crippen molar-refractivity contribution in [1.82, 2.24) is 0 Å². The van der Waals surface area contributed by atoms with Crippen LogP contribution in [0.2, 0.25) is 0 Å². The number of halogens is 2. The number of allylic oxidation sites excluding steroid dienone is 2. The van der Waals surface area contributed by atoms with E-state index in [1.807, 2.05) is 19.1 Å². The van der Waals surface area contributed by atoms with Crippen molar-refractivity contribution in [3.8, 4) is 0 Å². The van der Waals surface area contributed by atoms with Crippen molar-refractivity contribution in [2.45, 2.75) is 51.6 Å². The van der Waals surface area contributed by atoms with Gasteiger partial charge in [0.15, 0.2) is 0 Å². The molecule has 0 amide bonds. The summed E-state index contributed by atoms with van der Waals surface area (Å²) < 4.78 is 2.24. The van der Waals surface area contributed by atoms with Crippen molar-refractivity contribution in [3.63, 3.8) is 0 Å². The number of rotatable bonds is 2. The molecule has 2 aromatic rings. The van der Waals surface area contributed by atoms with Gasteiger partial charge in [-0.15, -0.1) is 0 Å². The van der Waals surface area contributed by atoms with Crippen LogP contribution in [0.5, 0.6) is 0 Å². The Morgan fingerprint density at radius 1 is 1.00 bits per heavy atom. The molecule has 0 fully saturated rings. The topological polar surface area (TPSA) is 20.2 Å². The fourth-order valence-corrected chi connectivity index (χ4v) is 4.47. The minimum absolute atomic E-state index is 0.570. The van der Waals surface area contributed by atoms with E-state index in [4.69, 9.17) is 0 Å². The van der Waals surface area contributed by atoms with Gasteiger partial charge in [-0.2, -0.15) is 0 Å². The predicted molar refractivity (Wildman–Crippen MR) is 113 cm³/mol. The number of fused-ring (bicyclic) bond motifs is 2. The fourth-order valence-electron chi connectivity index (χ4n) is 3.75. The van der Waals surface area contributed by atoms with Crippen LogP contribution in [0.1, 0.15) is 55.4 Å². The normalized spacial score (nSPS) is 20.4. The molecule has 2 aromatic carbocycles. The van der Waals surface area contributed by atoms with Crippen molar-refractivity contribution in [2.75, 3.05) is 0 Å². The van der Waals surface area contributed by atoms with Gasteiger partial charge in [0.1, 0.15) is 0 Å². The number of hydrogen-bond acceptors (Lipinski definition) is 1. The predicted octanol–water partition coefficient (Wildman–Crippen LogP) is 6.79. The van der Waals surface area contributed by atoms with Crippen LogP contribution in [0, 0.1) is 0 Å². The molecule has 0 heterocycles. The minimum atomic E-state index is -0.570. The third-order valence-electron chi connectivity index (χ3n) is 5.33. The zero-order chi connectivity index (χ0) is 18.0. The summed E-state index contributed by atoms with van der Waals surface area (Å²) in [4.78, 5) is 0. The van der Waals surface area contributed by atoms with E-state index in [-0.39, 0.29) is 0 Å². The van der Waals surface area contributed by atoms with Crippen LogP contribution in [-0.4, -0.2) is 5.11 Å². The first kappa shape index (κ1) is 18.9. The number of aryl methyl sites for hydroxylation is 1. The molecule has 2 aliphatic carbocycles. The van der Waals surface area contributed by atoms with Gasteiger partial charge in [0, 0.05) is 8.95 Å². The van der Waals surface area contributed by atoms with Gasteiger partial charge in [-0.3, -0.25) is 0 Å². The van der Waals surface area contributed by atoms with Crippen LogP contribution in [0.4, 0.5) is 0 Å². The summed E-state index contributed by atoms with van der Waals surface area (Å²) >= 11 is 6.93. The molecule has 2 aliphatic rings. The molecule has 3 heteroatoms. The van der Waals surface area contributed by atoms with Crippen molar-refractivity contribution in [3.05, 3.63) is 73.7 Å². The van der Waals surface area contributed by atoms with E-state index in [1.54, 1.807) is 0 Å². The first-order valence-electron chi connectivity index (χ1n) is 8.96. The van der Waals surface area contributed by atoms with Crippen molar-refractivity contribution < 1.29 is 5.11 Å². The van der Waals surface area contributed by atoms with E-state index >= 15 is 0 Å². The second-order valence-corrected chi connectivity index (χ2v) is 8.61. The Balaban J connectivity index is 0.000000146. The standard InChI is InChI=1S/C11H13BrO.C11H11Br/c1-2-11(13)6-5-8-3-4-9(12)7-10(8)11;1-2-8-3-4-9-5-6-10(12)7-11(8)9/h3-4,7,13H,2,5-6H2,1H3;3,5-7H,2,4H2,1H3. The minimum Gasteiger partial charge on any atom is -0.385 e. The molecule has 0 bridgehead atoms.